The summed E-state index contributed by atoms with van der Waals surface area (Å²) in [4.78, 5) is 0. The number of ether oxygens (including phenoxy) is 1. The van der Waals surface area contributed by atoms with Crippen LogP contribution < -0.4 is 4.74 Å². The lowest BCUT2D eigenvalue weighted by atomic mass is 9.65. The summed E-state index contributed by atoms with van der Waals surface area (Å²) in [6.45, 7) is 4.54. The summed E-state index contributed by atoms with van der Waals surface area (Å²) in [6, 6.07) is 5.84. The van der Waals surface area contributed by atoms with Gasteiger partial charge in [-0.25, -0.2) is 0 Å². The molecule has 2 unspecified atom stereocenters. The Morgan fingerprint density at radius 2 is 2.11 bits per heavy atom. The topological polar surface area (TPSA) is 29.5 Å². The first-order valence-corrected chi connectivity index (χ1v) is 7.76. The van der Waals surface area contributed by atoms with Crippen molar-refractivity contribution in [2.24, 2.45) is 11.3 Å². The summed E-state index contributed by atoms with van der Waals surface area (Å²) < 4.78 is 6.38. The summed E-state index contributed by atoms with van der Waals surface area (Å²) in [5.74, 6) is 1.07. The van der Waals surface area contributed by atoms with Gasteiger partial charge in [-0.05, 0) is 42.4 Å². The van der Waals surface area contributed by atoms with Gasteiger partial charge in [0, 0.05) is 10.0 Å². The molecular weight excluding hydrogens is 304 g/mol. The Morgan fingerprint density at radius 3 is 2.74 bits per heavy atom. The molecule has 106 valence electrons. The molecule has 2 atom stereocenters. The van der Waals surface area contributed by atoms with Crippen LogP contribution in [0.2, 0.25) is 0 Å². The van der Waals surface area contributed by atoms with Crippen LogP contribution >= 0.6 is 15.9 Å². The molecule has 1 aromatic carbocycles. The first-order valence-electron chi connectivity index (χ1n) is 6.97. The van der Waals surface area contributed by atoms with Crippen molar-refractivity contribution in [3.8, 4) is 5.75 Å². The van der Waals surface area contributed by atoms with Crippen LogP contribution in [0.15, 0.2) is 22.7 Å². The molecule has 2 nitrogen and oxygen atoms in total. The number of halogens is 1. The van der Waals surface area contributed by atoms with Crippen LogP contribution in [0.4, 0.5) is 0 Å². The third-order valence-electron chi connectivity index (χ3n) is 4.48. The second kappa shape index (κ2) is 5.84. The van der Waals surface area contributed by atoms with E-state index >= 15 is 0 Å². The predicted molar refractivity (Wildman–Crippen MR) is 81.4 cm³/mol. The number of benzene rings is 1. The molecule has 1 aromatic rings. The van der Waals surface area contributed by atoms with E-state index in [9.17, 15) is 5.11 Å². The Hall–Kier alpha value is -0.540. The van der Waals surface area contributed by atoms with Crippen molar-refractivity contribution < 1.29 is 9.84 Å². The number of aliphatic hydroxyl groups is 1. The molecule has 0 spiro atoms. The fraction of sp³-hybridized carbons (Fsp3) is 0.625. The fourth-order valence-corrected chi connectivity index (χ4v) is 3.64. The van der Waals surface area contributed by atoms with Gasteiger partial charge in [0.15, 0.2) is 0 Å². The van der Waals surface area contributed by atoms with Crippen LogP contribution in [-0.2, 0) is 0 Å². The first-order chi connectivity index (χ1) is 8.95. The summed E-state index contributed by atoms with van der Waals surface area (Å²) in [6.07, 6.45) is 4.30. The van der Waals surface area contributed by atoms with Crippen molar-refractivity contribution in [1.29, 1.82) is 0 Å². The van der Waals surface area contributed by atoms with Gasteiger partial charge in [0.25, 0.3) is 0 Å². The molecule has 0 heterocycles. The molecular formula is C16H23BrO2. The molecule has 1 aliphatic rings. The van der Waals surface area contributed by atoms with E-state index in [1.165, 1.54) is 19.3 Å². The lowest BCUT2D eigenvalue weighted by molar-refractivity contribution is 0.00265. The molecule has 0 aromatic heterocycles. The Bertz CT molecular complexity index is 442. The number of hydrogen-bond donors (Lipinski definition) is 1. The second-order valence-corrected chi connectivity index (χ2v) is 7.09. The van der Waals surface area contributed by atoms with Crippen LogP contribution in [-0.4, -0.2) is 12.2 Å². The maximum atomic E-state index is 10.8. The molecule has 0 aliphatic heterocycles. The molecule has 1 saturated carbocycles. The lowest BCUT2D eigenvalue weighted by Crippen LogP contribution is -2.32. The maximum absolute atomic E-state index is 10.8. The van der Waals surface area contributed by atoms with Crippen molar-refractivity contribution in [3.05, 3.63) is 28.2 Å². The monoisotopic (exact) mass is 326 g/mol. The Labute approximate surface area is 124 Å². The fourth-order valence-electron chi connectivity index (χ4n) is 3.26. The highest BCUT2D eigenvalue weighted by Gasteiger charge is 2.38. The average Bonchev–Trinajstić information content (AvgIpc) is 2.37. The van der Waals surface area contributed by atoms with E-state index < -0.39 is 6.10 Å². The van der Waals surface area contributed by atoms with E-state index in [2.05, 4.69) is 29.8 Å². The third kappa shape index (κ3) is 3.14. The van der Waals surface area contributed by atoms with Crippen molar-refractivity contribution >= 4 is 15.9 Å². The third-order valence-corrected chi connectivity index (χ3v) is 4.97. The zero-order chi connectivity index (χ0) is 14.0. The van der Waals surface area contributed by atoms with Crippen LogP contribution in [0.25, 0.3) is 0 Å². The minimum absolute atomic E-state index is 0.186. The SMILES string of the molecule is COc1ccc(Br)cc1C(O)C1CCCCC1(C)C. The number of aliphatic hydroxyl groups excluding tert-OH is 1. The molecule has 1 fully saturated rings. The van der Waals surface area contributed by atoms with E-state index in [1.807, 2.05) is 18.2 Å². The summed E-state index contributed by atoms with van der Waals surface area (Å²) >= 11 is 3.48. The molecule has 0 amide bonds. The van der Waals surface area contributed by atoms with Gasteiger partial charge in [-0.3, -0.25) is 0 Å². The van der Waals surface area contributed by atoms with Crippen molar-refractivity contribution in [3.63, 3.8) is 0 Å². The standard InChI is InChI=1S/C16H23BrO2/c1-16(2)9-5-4-6-13(16)15(18)12-10-11(17)7-8-14(12)19-3/h7-8,10,13,15,18H,4-6,9H2,1-3H3. The normalized spacial score (nSPS) is 23.9. The van der Waals surface area contributed by atoms with Gasteiger partial charge < -0.3 is 9.84 Å². The van der Waals surface area contributed by atoms with Crippen LogP contribution in [0, 0.1) is 11.3 Å². The van der Waals surface area contributed by atoms with Gasteiger partial charge in [-0.1, -0.05) is 42.6 Å². The molecule has 2 rings (SSSR count). The van der Waals surface area contributed by atoms with Gasteiger partial charge in [0.05, 0.1) is 13.2 Å². The quantitative estimate of drug-likeness (QED) is 0.871. The van der Waals surface area contributed by atoms with Crippen LogP contribution in [0.3, 0.4) is 0 Å². The summed E-state index contributed by atoms with van der Waals surface area (Å²) in [5.41, 5.74) is 1.09. The average molecular weight is 327 g/mol. The highest BCUT2D eigenvalue weighted by Crippen LogP contribution is 2.48. The highest BCUT2D eigenvalue weighted by molar-refractivity contribution is 9.10. The summed E-state index contributed by atoms with van der Waals surface area (Å²) in [7, 11) is 1.66. The van der Waals surface area contributed by atoms with E-state index in [-0.39, 0.29) is 5.41 Å². The van der Waals surface area contributed by atoms with Crippen molar-refractivity contribution in [2.45, 2.75) is 45.6 Å². The Morgan fingerprint density at radius 1 is 1.37 bits per heavy atom. The molecule has 0 bridgehead atoms. The number of rotatable bonds is 3. The zero-order valence-corrected chi connectivity index (χ0v) is 13.5. The predicted octanol–water partition coefficient (Wildman–Crippen LogP) is 4.71. The van der Waals surface area contributed by atoms with Gasteiger partial charge in [0.2, 0.25) is 0 Å². The number of methoxy groups -OCH3 is 1. The lowest BCUT2D eigenvalue weighted by Gasteiger charge is -2.41. The molecule has 1 N–H and O–H groups in total. The Kier molecular flexibility index (Phi) is 4.57. The van der Waals surface area contributed by atoms with Crippen LogP contribution in [0.1, 0.15) is 51.2 Å². The van der Waals surface area contributed by atoms with Crippen LogP contribution in [0.5, 0.6) is 5.75 Å². The molecule has 1 aliphatic carbocycles. The smallest absolute Gasteiger partial charge is 0.124 e. The molecule has 0 radical (unpaired) electrons. The highest BCUT2D eigenvalue weighted by atomic mass is 79.9. The van der Waals surface area contributed by atoms with Crippen molar-refractivity contribution in [1.82, 2.24) is 0 Å². The summed E-state index contributed by atoms with van der Waals surface area (Å²) in [5, 5.41) is 10.8. The van der Waals surface area contributed by atoms with Gasteiger partial charge in [-0.2, -0.15) is 0 Å². The maximum Gasteiger partial charge on any atom is 0.124 e. The second-order valence-electron chi connectivity index (χ2n) is 6.17. The van der Waals surface area contributed by atoms with Crippen molar-refractivity contribution in [2.75, 3.05) is 7.11 Å². The van der Waals surface area contributed by atoms with Gasteiger partial charge in [-0.15, -0.1) is 0 Å². The minimum Gasteiger partial charge on any atom is -0.496 e. The number of hydrogen-bond acceptors (Lipinski definition) is 2. The van der Waals surface area contributed by atoms with E-state index in [0.29, 0.717) is 5.92 Å². The van der Waals surface area contributed by atoms with Gasteiger partial charge in [0.1, 0.15) is 5.75 Å². The molecule has 19 heavy (non-hydrogen) atoms. The van der Waals surface area contributed by atoms with Gasteiger partial charge >= 0.3 is 0 Å². The van der Waals surface area contributed by atoms with E-state index in [1.54, 1.807) is 7.11 Å². The first kappa shape index (κ1) is 14.9. The minimum atomic E-state index is -0.456. The molecule has 3 heteroatoms. The van der Waals surface area contributed by atoms with E-state index in [0.717, 1.165) is 22.2 Å². The molecule has 0 saturated heterocycles. The Balaban J connectivity index is 2.32. The largest absolute Gasteiger partial charge is 0.496 e. The van der Waals surface area contributed by atoms with E-state index in [4.69, 9.17) is 4.74 Å². The zero-order valence-electron chi connectivity index (χ0n) is 11.9.